The van der Waals surface area contributed by atoms with Crippen LogP contribution in [0.2, 0.25) is 0 Å². The molecular formula is C23H24N4O4S. The van der Waals surface area contributed by atoms with Gasteiger partial charge in [0.1, 0.15) is 6.54 Å². The van der Waals surface area contributed by atoms with Gasteiger partial charge in [-0.25, -0.2) is 4.98 Å². The number of carbonyl (C=O) groups is 2. The zero-order valence-electron chi connectivity index (χ0n) is 18.1. The van der Waals surface area contributed by atoms with Crippen molar-refractivity contribution in [2.24, 2.45) is 0 Å². The van der Waals surface area contributed by atoms with Gasteiger partial charge in [0.25, 0.3) is 5.56 Å². The molecule has 0 saturated carbocycles. The minimum Gasteiger partial charge on any atom is -0.383 e. The Hall–Kier alpha value is -3.17. The average molecular weight is 453 g/mol. The molecule has 0 spiro atoms. The molecule has 0 radical (unpaired) electrons. The number of thioether (sulfide) groups is 1. The van der Waals surface area contributed by atoms with Crippen LogP contribution in [-0.4, -0.2) is 46.9 Å². The van der Waals surface area contributed by atoms with E-state index in [-0.39, 0.29) is 30.0 Å². The summed E-state index contributed by atoms with van der Waals surface area (Å²) in [5.41, 5.74) is 1.65. The monoisotopic (exact) mass is 452 g/mol. The summed E-state index contributed by atoms with van der Waals surface area (Å²) in [6.07, 6.45) is 0. The minimum atomic E-state index is -0.581. The molecule has 9 heteroatoms. The molecule has 0 fully saturated rings. The zero-order valence-corrected chi connectivity index (χ0v) is 18.9. The van der Waals surface area contributed by atoms with E-state index in [1.165, 1.54) is 16.7 Å². The van der Waals surface area contributed by atoms with Crippen LogP contribution in [0.25, 0.3) is 10.9 Å². The fourth-order valence-electron chi connectivity index (χ4n) is 3.77. The van der Waals surface area contributed by atoms with Crippen molar-refractivity contribution in [3.63, 3.8) is 0 Å². The Morgan fingerprint density at radius 2 is 1.88 bits per heavy atom. The lowest BCUT2D eigenvalue weighted by Gasteiger charge is -2.31. The first-order valence-corrected chi connectivity index (χ1v) is 11.2. The first-order chi connectivity index (χ1) is 15.4. The van der Waals surface area contributed by atoms with Gasteiger partial charge in [0, 0.05) is 7.11 Å². The van der Waals surface area contributed by atoms with Crippen LogP contribution in [0, 0.1) is 0 Å². The molecule has 32 heavy (non-hydrogen) atoms. The van der Waals surface area contributed by atoms with Gasteiger partial charge in [-0.15, -0.1) is 0 Å². The summed E-state index contributed by atoms with van der Waals surface area (Å²) < 4.78 is 6.84. The van der Waals surface area contributed by atoms with E-state index in [0.29, 0.717) is 34.0 Å². The number of nitrogens with one attached hydrogen (secondary N) is 1. The van der Waals surface area contributed by atoms with Crippen molar-refractivity contribution in [3.8, 4) is 0 Å². The Morgan fingerprint density at radius 3 is 2.66 bits per heavy atom. The maximum Gasteiger partial charge on any atom is 0.262 e. The molecule has 2 amide bonds. The third kappa shape index (κ3) is 4.13. The normalized spacial score (nSPS) is 15.2. The predicted octanol–water partition coefficient (Wildman–Crippen LogP) is 3.07. The number of ether oxygens (including phenoxy) is 1. The number of aromatic nitrogens is 2. The van der Waals surface area contributed by atoms with Gasteiger partial charge in [0.05, 0.1) is 40.2 Å². The molecule has 3 aromatic rings. The molecule has 166 valence electrons. The smallest absolute Gasteiger partial charge is 0.262 e. The summed E-state index contributed by atoms with van der Waals surface area (Å²) in [5, 5.41) is 3.16. The van der Waals surface area contributed by atoms with Gasteiger partial charge in [-0.1, -0.05) is 36.0 Å². The van der Waals surface area contributed by atoms with Crippen LogP contribution in [0.15, 0.2) is 58.5 Å². The van der Waals surface area contributed by atoms with E-state index in [2.05, 4.69) is 10.3 Å². The Kier molecular flexibility index (Phi) is 6.29. The largest absolute Gasteiger partial charge is 0.383 e. The van der Waals surface area contributed by atoms with E-state index >= 15 is 0 Å². The van der Waals surface area contributed by atoms with Gasteiger partial charge in [-0.2, -0.15) is 0 Å². The van der Waals surface area contributed by atoms with E-state index in [4.69, 9.17) is 4.74 Å². The fourth-order valence-corrected chi connectivity index (χ4v) is 4.84. The molecule has 0 unspecified atom stereocenters. The number of nitrogens with zero attached hydrogens (tertiary/aromatic N) is 3. The van der Waals surface area contributed by atoms with E-state index < -0.39 is 5.25 Å². The quantitative estimate of drug-likeness (QED) is 0.456. The van der Waals surface area contributed by atoms with Crippen LogP contribution in [0.3, 0.4) is 0 Å². The Labute approximate surface area is 189 Å². The van der Waals surface area contributed by atoms with E-state index in [0.717, 1.165) is 0 Å². The second-order valence-corrected chi connectivity index (χ2v) is 8.95. The van der Waals surface area contributed by atoms with Gasteiger partial charge < -0.3 is 10.1 Å². The van der Waals surface area contributed by atoms with Gasteiger partial charge in [-0.3, -0.25) is 23.9 Å². The summed E-state index contributed by atoms with van der Waals surface area (Å²) in [6, 6.07) is 14.1. The first kappa shape index (κ1) is 22.0. The van der Waals surface area contributed by atoms with Crippen LogP contribution in [0.5, 0.6) is 0 Å². The number of carbonyl (C=O) groups excluding carboxylic acids is 2. The van der Waals surface area contributed by atoms with Gasteiger partial charge in [-0.05, 0) is 38.1 Å². The van der Waals surface area contributed by atoms with Crippen LogP contribution < -0.4 is 15.8 Å². The van der Waals surface area contributed by atoms with Crippen LogP contribution in [-0.2, 0) is 14.3 Å². The summed E-state index contributed by atoms with van der Waals surface area (Å²) in [4.78, 5) is 44.9. The number of para-hydroxylation sites is 3. The molecule has 0 bridgehead atoms. The third-order valence-corrected chi connectivity index (χ3v) is 6.34. The van der Waals surface area contributed by atoms with Crippen molar-refractivity contribution in [3.05, 3.63) is 58.9 Å². The Bertz CT molecular complexity index is 1240. The molecule has 1 aromatic heterocycles. The second kappa shape index (κ2) is 9.13. The number of benzene rings is 2. The maximum absolute atomic E-state index is 13.4. The summed E-state index contributed by atoms with van der Waals surface area (Å²) >= 11 is 1.20. The predicted molar refractivity (Wildman–Crippen MR) is 125 cm³/mol. The number of amides is 2. The lowest BCUT2D eigenvalue weighted by Crippen LogP contribution is -2.45. The molecule has 1 N–H and O–H groups in total. The summed E-state index contributed by atoms with van der Waals surface area (Å²) in [7, 11) is 1.58. The lowest BCUT2D eigenvalue weighted by atomic mass is 10.2. The standard InChI is InChI=1S/C23H24N4O4S/c1-14(13-31-3)27-22(30)16-8-4-5-9-17(16)25-23(27)32-15(2)21(29)26-12-20(28)24-18-10-6-7-11-19(18)26/h4-11,14-15H,12-13H2,1-3H3,(H,24,28)/t14-,15-/m0/s1. The molecule has 8 nitrogen and oxygen atoms in total. The molecule has 1 aliphatic rings. The topological polar surface area (TPSA) is 93.5 Å². The van der Waals surface area contributed by atoms with Crippen molar-refractivity contribution >= 4 is 45.9 Å². The zero-order chi connectivity index (χ0) is 22.8. The van der Waals surface area contributed by atoms with E-state index in [1.807, 2.05) is 19.1 Å². The fraction of sp³-hybridized carbons (Fsp3) is 0.304. The number of fused-ring (bicyclic) bond motifs is 2. The molecule has 2 heterocycles. The van der Waals surface area contributed by atoms with Gasteiger partial charge >= 0.3 is 0 Å². The number of hydrogen-bond donors (Lipinski definition) is 1. The van der Waals surface area contributed by atoms with E-state index in [1.54, 1.807) is 55.0 Å². The van der Waals surface area contributed by atoms with Crippen molar-refractivity contribution < 1.29 is 14.3 Å². The van der Waals surface area contributed by atoms with Crippen molar-refractivity contribution in [2.75, 3.05) is 30.5 Å². The highest BCUT2D eigenvalue weighted by atomic mass is 32.2. The molecule has 1 aliphatic heterocycles. The highest BCUT2D eigenvalue weighted by Gasteiger charge is 2.31. The van der Waals surface area contributed by atoms with Gasteiger partial charge in [0.15, 0.2) is 5.16 Å². The Morgan fingerprint density at radius 1 is 1.16 bits per heavy atom. The number of rotatable bonds is 6. The molecular weight excluding hydrogens is 428 g/mol. The van der Waals surface area contributed by atoms with Crippen LogP contribution >= 0.6 is 11.8 Å². The third-order valence-electron chi connectivity index (χ3n) is 5.29. The molecule has 4 rings (SSSR count). The first-order valence-electron chi connectivity index (χ1n) is 10.3. The van der Waals surface area contributed by atoms with Gasteiger partial charge in [0.2, 0.25) is 11.8 Å². The maximum atomic E-state index is 13.4. The minimum absolute atomic E-state index is 0.0568. The SMILES string of the molecule is COC[C@H](C)n1c(S[C@@H](C)C(=O)N2CC(=O)Nc3ccccc32)nc2ccccc2c1=O. The average Bonchev–Trinajstić information content (AvgIpc) is 2.78. The molecule has 0 aliphatic carbocycles. The van der Waals surface area contributed by atoms with Crippen molar-refractivity contribution in [1.29, 1.82) is 0 Å². The van der Waals surface area contributed by atoms with Crippen LogP contribution in [0.4, 0.5) is 11.4 Å². The van der Waals surface area contributed by atoms with E-state index in [9.17, 15) is 14.4 Å². The van der Waals surface area contributed by atoms with Crippen LogP contribution in [0.1, 0.15) is 19.9 Å². The van der Waals surface area contributed by atoms with Crippen molar-refractivity contribution in [2.45, 2.75) is 30.3 Å². The second-order valence-electron chi connectivity index (χ2n) is 7.64. The molecule has 0 saturated heterocycles. The molecule has 2 atom stereocenters. The highest BCUT2D eigenvalue weighted by molar-refractivity contribution is 8.00. The Balaban J connectivity index is 1.70. The van der Waals surface area contributed by atoms with Crippen molar-refractivity contribution in [1.82, 2.24) is 9.55 Å². The lowest BCUT2D eigenvalue weighted by molar-refractivity contribution is -0.121. The summed E-state index contributed by atoms with van der Waals surface area (Å²) in [6.45, 7) is 3.91. The molecule has 2 aromatic carbocycles. The summed E-state index contributed by atoms with van der Waals surface area (Å²) in [5.74, 6) is -0.477. The number of methoxy groups -OCH3 is 1. The number of hydrogen-bond acceptors (Lipinski definition) is 6. The highest BCUT2D eigenvalue weighted by Crippen LogP contribution is 2.32. The number of anilines is 2.